The number of nitrogens with one attached hydrogen (secondary N) is 2. The molecule has 0 heterocycles. The summed E-state index contributed by atoms with van der Waals surface area (Å²) in [7, 11) is 0. The van der Waals surface area contributed by atoms with Crippen molar-refractivity contribution in [3.8, 4) is 5.75 Å². The summed E-state index contributed by atoms with van der Waals surface area (Å²) in [6.07, 6.45) is 1.89. The minimum Gasteiger partial charge on any atom is -0.482 e. The molecular weight excluding hydrogens is 328 g/mol. The molecule has 2 aromatic carbocycles. The van der Waals surface area contributed by atoms with Gasteiger partial charge in [-0.15, -0.1) is 0 Å². The standard InChI is InChI=1S/C18H17ClN2O3/c19-15-6-1-2-7-16(15)24-11-17(22)20-13-4-3-5-14(10-13)21-18(23)12-8-9-12/h1-7,10,12H,8-9,11H2,(H,20,22)(H,21,23). The van der Waals surface area contributed by atoms with Crippen LogP contribution in [0.25, 0.3) is 0 Å². The highest BCUT2D eigenvalue weighted by molar-refractivity contribution is 6.32. The third-order valence-corrected chi connectivity index (χ3v) is 3.87. The smallest absolute Gasteiger partial charge is 0.262 e. The Morgan fingerprint density at radius 1 is 1.04 bits per heavy atom. The van der Waals surface area contributed by atoms with Crippen LogP contribution in [0.2, 0.25) is 5.02 Å². The second-order valence-corrected chi connectivity index (χ2v) is 6.02. The molecule has 0 radical (unpaired) electrons. The Morgan fingerprint density at radius 3 is 2.46 bits per heavy atom. The molecule has 3 rings (SSSR count). The van der Waals surface area contributed by atoms with E-state index < -0.39 is 0 Å². The zero-order chi connectivity index (χ0) is 16.9. The lowest BCUT2D eigenvalue weighted by Gasteiger charge is -2.10. The van der Waals surface area contributed by atoms with Crippen LogP contribution in [0.3, 0.4) is 0 Å². The van der Waals surface area contributed by atoms with Gasteiger partial charge in [0, 0.05) is 17.3 Å². The average Bonchev–Trinajstić information content (AvgIpc) is 3.39. The van der Waals surface area contributed by atoms with E-state index in [1.54, 1.807) is 48.5 Å². The Labute approximate surface area is 145 Å². The number of hydrogen-bond acceptors (Lipinski definition) is 3. The van der Waals surface area contributed by atoms with Crippen LogP contribution in [0.1, 0.15) is 12.8 Å². The summed E-state index contributed by atoms with van der Waals surface area (Å²) in [5, 5.41) is 6.03. The number of hydrogen-bond donors (Lipinski definition) is 2. The van der Waals surface area contributed by atoms with Crippen LogP contribution in [0, 0.1) is 5.92 Å². The lowest BCUT2D eigenvalue weighted by Crippen LogP contribution is -2.20. The zero-order valence-electron chi connectivity index (χ0n) is 12.9. The van der Waals surface area contributed by atoms with Gasteiger partial charge in [0.15, 0.2) is 6.61 Å². The molecule has 0 aromatic heterocycles. The van der Waals surface area contributed by atoms with E-state index in [-0.39, 0.29) is 24.3 Å². The maximum Gasteiger partial charge on any atom is 0.262 e. The maximum atomic E-state index is 12.0. The molecule has 0 spiro atoms. The van der Waals surface area contributed by atoms with E-state index in [1.165, 1.54) is 0 Å². The molecule has 0 bridgehead atoms. The number of halogens is 1. The van der Waals surface area contributed by atoms with Crippen LogP contribution in [0.15, 0.2) is 48.5 Å². The first-order valence-electron chi connectivity index (χ1n) is 7.70. The summed E-state index contributed by atoms with van der Waals surface area (Å²) in [4.78, 5) is 23.8. The summed E-state index contributed by atoms with van der Waals surface area (Å²) in [5.74, 6) is 0.313. The Bertz CT molecular complexity index is 759. The number of rotatable bonds is 6. The molecule has 1 aliphatic rings. The lowest BCUT2D eigenvalue weighted by molar-refractivity contribution is -0.118. The van der Waals surface area contributed by atoms with Gasteiger partial charge in [-0.25, -0.2) is 0 Å². The highest BCUT2D eigenvalue weighted by atomic mass is 35.5. The second-order valence-electron chi connectivity index (χ2n) is 5.61. The minimum absolute atomic E-state index is 0.0283. The summed E-state index contributed by atoms with van der Waals surface area (Å²) in [5.41, 5.74) is 1.26. The summed E-state index contributed by atoms with van der Waals surface area (Å²) < 4.78 is 5.39. The fourth-order valence-corrected chi connectivity index (χ4v) is 2.36. The first-order chi connectivity index (χ1) is 11.6. The molecule has 2 aromatic rings. The molecule has 2 amide bonds. The van der Waals surface area contributed by atoms with Gasteiger partial charge < -0.3 is 15.4 Å². The Balaban J connectivity index is 1.54. The summed E-state index contributed by atoms with van der Waals surface area (Å²) in [6, 6.07) is 14.0. The monoisotopic (exact) mass is 344 g/mol. The Kier molecular flexibility index (Phi) is 5.01. The van der Waals surface area contributed by atoms with Crippen molar-refractivity contribution in [3.05, 3.63) is 53.6 Å². The lowest BCUT2D eigenvalue weighted by atomic mass is 10.2. The molecule has 24 heavy (non-hydrogen) atoms. The number of carbonyl (C=O) groups is 2. The highest BCUT2D eigenvalue weighted by Gasteiger charge is 2.29. The number of ether oxygens (including phenoxy) is 1. The van der Waals surface area contributed by atoms with Gasteiger partial charge in [-0.1, -0.05) is 29.8 Å². The Hall–Kier alpha value is -2.53. The van der Waals surface area contributed by atoms with E-state index in [9.17, 15) is 9.59 Å². The second kappa shape index (κ2) is 7.36. The number of benzene rings is 2. The highest BCUT2D eigenvalue weighted by Crippen LogP contribution is 2.30. The van der Waals surface area contributed by atoms with Gasteiger partial charge in [0.2, 0.25) is 5.91 Å². The predicted molar refractivity (Wildman–Crippen MR) is 93.4 cm³/mol. The van der Waals surface area contributed by atoms with E-state index in [1.807, 2.05) is 0 Å². The molecule has 6 heteroatoms. The third kappa shape index (κ3) is 4.49. The van der Waals surface area contributed by atoms with E-state index in [0.717, 1.165) is 12.8 Å². The number of amides is 2. The molecule has 1 aliphatic carbocycles. The van der Waals surface area contributed by atoms with Gasteiger partial charge >= 0.3 is 0 Å². The van der Waals surface area contributed by atoms with Gasteiger partial charge in [0.05, 0.1) is 5.02 Å². The molecule has 124 valence electrons. The van der Waals surface area contributed by atoms with Crippen molar-refractivity contribution in [1.29, 1.82) is 0 Å². The molecule has 2 N–H and O–H groups in total. The topological polar surface area (TPSA) is 67.4 Å². The molecule has 0 saturated heterocycles. The van der Waals surface area contributed by atoms with Gasteiger partial charge in [-0.2, -0.15) is 0 Å². The fourth-order valence-electron chi connectivity index (χ4n) is 2.17. The minimum atomic E-state index is -0.305. The van der Waals surface area contributed by atoms with Crippen molar-refractivity contribution in [2.24, 2.45) is 5.92 Å². The Morgan fingerprint density at radius 2 is 1.75 bits per heavy atom. The molecule has 5 nitrogen and oxygen atoms in total. The first-order valence-corrected chi connectivity index (χ1v) is 8.08. The van der Waals surface area contributed by atoms with Crippen molar-refractivity contribution in [2.45, 2.75) is 12.8 Å². The maximum absolute atomic E-state index is 12.0. The van der Waals surface area contributed by atoms with Gasteiger partial charge in [0.25, 0.3) is 5.91 Å². The van der Waals surface area contributed by atoms with E-state index in [0.29, 0.717) is 22.1 Å². The molecule has 1 saturated carbocycles. The van der Waals surface area contributed by atoms with E-state index >= 15 is 0 Å². The van der Waals surface area contributed by atoms with Crippen LogP contribution in [0.4, 0.5) is 11.4 Å². The molecule has 1 fully saturated rings. The largest absolute Gasteiger partial charge is 0.482 e. The van der Waals surface area contributed by atoms with Gasteiger partial charge in [-0.05, 0) is 43.2 Å². The van der Waals surface area contributed by atoms with Gasteiger partial charge in [0.1, 0.15) is 5.75 Å². The SMILES string of the molecule is O=C(COc1ccccc1Cl)Nc1cccc(NC(=O)C2CC2)c1. The van der Waals surface area contributed by atoms with E-state index in [2.05, 4.69) is 10.6 Å². The van der Waals surface area contributed by atoms with Crippen molar-refractivity contribution in [3.63, 3.8) is 0 Å². The van der Waals surface area contributed by atoms with Crippen LogP contribution >= 0.6 is 11.6 Å². The number of anilines is 2. The predicted octanol–water partition coefficient (Wildman–Crippen LogP) is 3.71. The zero-order valence-corrected chi connectivity index (χ0v) is 13.7. The summed E-state index contributed by atoms with van der Waals surface area (Å²) >= 11 is 5.97. The average molecular weight is 345 g/mol. The van der Waals surface area contributed by atoms with Crippen LogP contribution in [-0.2, 0) is 9.59 Å². The molecular formula is C18H17ClN2O3. The van der Waals surface area contributed by atoms with Crippen molar-refractivity contribution in [2.75, 3.05) is 17.2 Å². The molecule has 0 atom stereocenters. The normalized spacial score (nSPS) is 13.2. The quantitative estimate of drug-likeness (QED) is 0.839. The molecule has 0 aliphatic heterocycles. The summed E-state index contributed by atoms with van der Waals surface area (Å²) in [6.45, 7) is -0.150. The van der Waals surface area contributed by atoms with Crippen molar-refractivity contribution < 1.29 is 14.3 Å². The van der Waals surface area contributed by atoms with E-state index in [4.69, 9.17) is 16.3 Å². The number of carbonyl (C=O) groups excluding carboxylic acids is 2. The van der Waals surface area contributed by atoms with Gasteiger partial charge in [-0.3, -0.25) is 9.59 Å². The first kappa shape index (κ1) is 16.3. The van der Waals surface area contributed by atoms with Crippen LogP contribution in [0.5, 0.6) is 5.75 Å². The van der Waals surface area contributed by atoms with Crippen LogP contribution < -0.4 is 15.4 Å². The number of para-hydroxylation sites is 1. The van der Waals surface area contributed by atoms with Crippen LogP contribution in [-0.4, -0.2) is 18.4 Å². The third-order valence-electron chi connectivity index (χ3n) is 3.56. The van der Waals surface area contributed by atoms with Crippen molar-refractivity contribution >= 4 is 34.8 Å². The fraction of sp³-hybridized carbons (Fsp3) is 0.222. The molecule has 0 unspecified atom stereocenters. The van der Waals surface area contributed by atoms with Crippen molar-refractivity contribution in [1.82, 2.24) is 0 Å².